The van der Waals surface area contributed by atoms with E-state index in [1.54, 1.807) is 6.07 Å². The van der Waals surface area contributed by atoms with Crippen LogP contribution >= 0.6 is 0 Å². The molecular weight excluding hydrogens is 366 g/mol. The Morgan fingerprint density at radius 1 is 1.21 bits per heavy atom. The molecule has 0 aromatic carbocycles. The molecule has 2 atom stereocenters. The van der Waals surface area contributed by atoms with E-state index < -0.39 is 0 Å². The van der Waals surface area contributed by atoms with Gasteiger partial charge in [-0.15, -0.1) is 0 Å². The summed E-state index contributed by atoms with van der Waals surface area (Å²) in [6.07, 6.45) is 10.9. The first-order valence-corrected chi connectivity index (χ1v) is 11.6. The lowest BCUT2D eigenvalue weighted by Gasteiger charge is -2.25. The van der Waals surface area contributed by atoms with Crippen LogP contribution in [0.4, 0.5) is 0 Å². The molecule has 1 aliphatic heterocycles. The van der Waals surface area contributed by atoms with E-state index in [0.29, 0.717) is 35.9 Å². The van der Waals surface area contributed by atoms with Gasteiger partial charge in [0.25, 0.3) is 5.91 Å². The van der Waals surface area contributed by atoms with E-state index in [4.69, 9.17) is 4.52 Å². The second-order valence-corrected chi connectivity index (χ2v) is 9.60. The first-order valence-electron chi connectivity index (χ1n) is 11.6. The van der Waals surface area contributed by atoms with Gasteiger partial charge in [-0.1, -0.05) is 38.3 Å². The van der Waals surface area contributed by atoms with Crippen LogP contribution < -0.4 is 5.32 Å². The number of hydrogen-bond donors (Lipinski definition) is 1. The molecule has 29 heavy (non-hydrogen) atoms. The third kappa shape index (κ3) is 5.08. The number of carbonyl (C=O) groups is 2. The fourth-order valence-corrected chi connectivity index (χ4v) is 5.05. The first kappa shape index (κ1) is 20.6. The molecule has 2 heterocycles. The van der Waals surface area contributed by atoms with Crippen molar-refractivity contribution >= 4 is 11.7 Å². The van der Waals surface area contributed by atoms with E-state index in [9.17, 15) is 9.59 Å². The number of aromatic nitrogens is 1. The molecular formula is C23H35N3O3. The van der Waals surface area contributed by atoms with Gasteiger partial charge < -0.3 is 9.84 Å². The van der Waals surface area contributed by atoms with Gasteiger partial charge in [0.2, 0.25) is 0 Å². The quantitative estimate of drug-likeness (QED) is 0.711. The Morgan fingerprint density at radius 2 is 1.97 bits per heavy atom. The van der Waals surface area contributed by atoms with E-state index in [-0.39, 0.29) is 17.9 Å². The molecule has 1 saturated heterocycles. The largest absolute Gasteiger partial charge is 0.360 e. The molecule has 3 aliphatic rings. The van der Waals surface area contributed by atoms with Gasteiger partial charge in [-0.05, 0) is 38.5 Å². The summed E-state index contributed by atoms with van der Waals surface area (Å²) in [6.45, 7) is 4.92. The van der Waals surface area contributed by atoms with Crippen molar-refractivity contribution < 1.29 is 14.1 Å². The number of likely N-dealkylation sites (tertiary alicyclic amines) is 1. The highest BCUT2D eigenvalue weighted by molar-refractivity contribution is 5.92. The summed E-state index contributed by atoms with van der Waals surface area (Å²) < 4.78 is 5.27. The minimum atomic E-state index is -0.152. The Balaban J connectivity index is 1.30. The van der Waals surface area contributed by atoms with Gasteiger partial charge in [0.15, 0.2) is 5.69 Å². The van der Waals surface area contributed by atoms with Crippen molar-refractivity contribution in [2.24, 2.45) is 5.92 Å². The molecule has 160 valence electrons. The lowest BCUT2D eigenvalue weighted by Crippen LogP contribution is -2.38. The fraction of sp³-hybridized carbons (Fsp3) is 0.783. The molecule has 0 spiro atoms. The zero-order valence-electron chi connectivity index (χ0n) is 17.9. The molecule has 0 bridgehead atoms. The van der Waals surface area contributed by atoms with E-state index in [1.807, 2.05) is 13.8 Å². The smallest absolute Gasteiger partial charge is 0.273 e. The van der Waals surface area contributed by atoms with Gasteiger partial charge in [-0.3, -0.25) is 14.5 Å². The van der Waals surface area contributed by atoms with Crippen molar-refractivity contribution in [3.8, 4) is 0 Å². The van der Waals surface area contributed by atoms with Gasteiger partial charge in [0.1, 0.15) is 11.5 Å². The van der Waals surface area contributed by atoms with Crippen LogP contribution in [0.2, 0.25) is 0 Å². The average molecular weight is 402 g/mol. The second-order valence-electron chi connectivity index (χ2n) is 9.60. The highest BCUT2D eigenvalue weighted by atomic mass is 16.5. The summed E-state index contributed by atoms with van der Waals surface area (Å²) in [5.41, 5.74) is 0.364. The van der Waals surface area contributed by atoms with Crippen LogP contribution in [0, 0.1) is 5.92 Å². The van der Waals surface area contributed by atoms with Crippen molar-refractivity contribution in [2.75, 3.05) is 6.54 Å². The Labute approximate surface area is 173 Å². The summed E-state index contributed by atoms with van der Waals surface area (Å²) in [7, 11) is 0. The predicted octanol–water partition coefficient (Wildman–Crippen LogP) is 4.06. The molecule has 6 nitrogen and oxygen atoms in total. The van der Waals surface area contributed by atoms with Crippen molar-refractivity contribution in [3.63, 3.8) is 0 Å². The van der Waals surface area contributed by atoms with Gasteiger partial charge in [-0.2, -0.15) is 0 Å². The average Bonchev–Trinajstić information content (AvgIpc) is 3.29. The van der Waals surface area contributed by atoms with Gasteiger partial charge in [0, 0.05) is 49.0 Å². The molecule has 0 radical (unpaired) electrons. The van der Waals surface area contributed by atoms with E-state index in [0.717, 1.165) is 38.0 Å². The minimum absolute atomic E-state index is 0.122. The van der Waals surface area contributed by atoms with E-state index >= 15 is 0 Å². The van der Waals surface area contributed by atoms with E-state index in [1.165, 1.54) is 32.1 Å². The standard InChI is InChI=1S/C23H35N3O3/c1-15(2)22-13-20(25-29-22)23(28)24-17-12-19(26(14-17)18-8-9-18)10-11-21(27)16-6-4-3-5-7-16/h13,15-19H,3-12,14H2,1-2H3,(H,24,28)/t17-,19+/m0/s1. The Morgan fingerprint density at radius 3 is 2.62 bits per heavy atom. The molecule has 1 aromatic heterocycles. The van der Waals surface area contributed by atoms with Crippen molar-refractivity contribution in [1.82, 2.24) is 15.4 Å². The summed E-state index contributed by atoms with van der Waals surface area (Å²) in [4.78, 5) is 27.8. The van der Waals surface area contributed by atoms with Crippen LogP contribution in [-0.2, 0) is 4.79 Å². The fourth-order valence-electron chi connectivity index (χ4n) is 5.05. The second kappa shape index (κ2) is 8.99. The Hall–Kier alpha value is -1.69. The number of carbonyl (C=O) groups excluding carboxylic acids is 2. The molecule has 4 rings (SSSR count). The normalized spacial score (nSPS) is 26.2. The van der Waals surface area contributed by atoms with Crippen LogP contribution in [0.3, 0.4) is 0 Å². The summed E-state index contributed by atoms with van der Waals surface area (Å²) >= 11 is 0. The lowest BCUT2D eigenvalue weighted by molar-refractivity contribution is -0.124. The van der Waals surface area contributed by atoms with E-state index in [2.05, 4.69) is 15.4 Å². The molecule has 1 N–H and O–H groups in total. The number of nitrogens with zero attached hydrogens (tertiary/aromatic N) is 2. The van der Waals surface area contributed by atoms with Gasteiger partial charge >= 0.3 is 0 Å². The molecule has 2 aliphatic carbocycles. The van der Waals surface area contributed by atoms with Crippen LogP contribution in [0.25, 0.3) is 0 Å². The van der Waals surface area contributed by atoms with Crippen LogP contribution in [-0.4, -0.2) is 46.4 Å². The van der Waals surface area contributed by atoms with Crippen molar-refractivity contribution in [3.05, 3.63) is 17.5 Å². The molecule has 2 saturated carbocycles. The maximum Gasteiger partial charge on any atom is 0.273 e. The summed E-state index contributed by atoms with van der Waals surface area (Å²) in [6, 6.07) is 2.92. The number of amides is 1. The maximum atomic E-state index is 12.6. The van der Waals surface area contributed by atoms with Crippen LogP contribution in [0.15, 0.2) is 10.6 Å². The number of rotatable bonds is 8. The first-order chi connectivity index (χ1) is 14.0. The van der Waals surface area contributed by atoms with Gasteiger partial charge in [0.05, 0.1) is 0 Å². The monoisotopic (exact) mass is 401 g/mol. The van der Waals surface area contributed by atoms with Gasteiger partial charge in [-0.25, -0.2) is 0 Å². The molecule has 1 aromatic rings. The van der Waals surface area contributed by atoms with Crippen molar-refractivity contribution in [1.29, 1.82) is 0 Å². The number of nitrogens with one attached hydrogen (secondary N) is 1. The zero-order chi connectivity index (χ0) is 20.4. The Kier molecular flexibility index (Phi) is 6.38. The third-order valence-corrected chi connectivity index (χ3v) is 6.92. The molecule has 6 heteroatoms. The Bertz CT molecular complexity index is 719. The summed E-state index contributed by atoms with van der Waals surface area (Å²) in [5, 5.41) is 7.08. The third-order valence-electron chi connectivity index (χ3n) is 6.92. The highest BCUT2D eigenvalue weighted by Gasteiger charge is 2.41. The number of ketones is 1. The maximum absolute atomic E-state index is 12.6. The minimum Gasteiger partial charge on any atom is -0.360 e. The topological polar surface area (TPSA) is 75.4 Å². The molecule has 0 unspecified atom stereocenters. The SMILES string of the molecule is CC(C)c1cc(C(=O)N[C@H]2C[C@@H](CCC(=O)C3CCCCC3)N(C3CC3)C2)no1. The number of Topliss-reactive ketones (excluding diaryl/α,β-unsaturated/α-hetero) is 1. The zero-order valence-corrected chi connectivity index (χ0v) is 17.9. The lowest BCUT2D eigenvalue weighted by atomic mass is 9.84. The molecule has 1 amide bonds. The summed E-state index contributed by atoms with van der Waals surface area (Å²) in [5.74, 6) is 1.57. The van der Waals surface area contributed by atoms with Crippen LogP contribution in [0.5, 0.6) is 0 Å². The van der Waals surface area contributed by atoms with Crippen LogP contribution in [0.1, 0.15) is 100 Å². The number of hydrogen-bond acceptors (Lipinski definition) is 5. The highest BCUT2D eigenvalue weighted by Crippen LogP contribution is 2.36. The predicted molar refractivity (Wildman–Crippen MR) is 111 cm³/mol. The molecule has 3 fully saturated rings. The van der Waals surface area contributed by atoms with Crippen molar-refractivity contribution in [2.45, 2.75) is 102 Å².